The Morgan fingerprint density at radius 2 is 1.85 bits per heavy atom. The van der Waals surface area contributed by atoms with Crippen LogP contribution in [0.1, 0.15) is 45.6 Å². The summed E-state index contributed by atoms with van der Waals surface area (Å²) in [6, 6.07) is 7.50. The van der Waals surface area contributed by atoms with Gasteiger partial charge in [0.15, 0.2) is 0 Å². The summed E-state index contributed by atoms with van der Waals surface area (Å²) in [5.74, 6) is 4.83. The van der Waals surface area contributed by atoms with Crippen LogP contribution in [0.2, 0.25) is 5.02 Å². The van der Waals surface area contributed by atoms with Gasteiger partial charge in [-0.3, -0.25) is 9.59 Å². The van der Waals surface area contributed by atoms with Gasteiger partial charge in [0.2, 0.25) is 5.78 Å². The third-order valence-corrected chi connectivity index (χ3v) is 4.13. The molecule has 0 heterocycles. The minimum Gasteiger partial charge on any atom is -0.466 e. The van der Waals surface area contributed by atoms with Crippen molar-refractivity contribution in [1.29, 1.82) is 0 Å². The summed E-state index contributed by atoms with van der Waals surface area (Å²) in [7, 11) is 0. The van der Waals surface area contributed by atoms with Crippen LogP contribution in [0.4, 0.5) is 0 Å². The summed E-state index contributed by atoms with van der Waals surface area (Å²) >= 11 is 6.14. The third kappa shape index (κ3) is 9.01. The molecule has 0 aliphatic heterocycles. The minimum absolute atomic E-state index is 0.213. The molecule has 0 aliphatic carbocycles. The van der Waals surface area contributed by atoms with Crippen molar-refractivity contribution in [3.05, 3.63) is 40.9 Å². The first kappa shape index (κ1) is 24.3. The third-order valence-electron chi connectivity index (χ3n) is 3.79. The van der Waals surface area contributed by atoms with Gasteiger partial charge in [0.1, 0.15) is 0 Å². The second-order valence-corrected chi connectivity index (χ2v) is 6.01. The number of rotatable bonds is 7. The van der Waals surface area contributed by atoms with Crippen LogP contribution in [0.5, 0.6) is 0 Å². The summed E-state index contributed by atoms with van der Waals surface area (Å²) in [6.45, 7) is 5.42. The van der Waals surface area contributed by atoms with Gasteiger partial charge >= 0.3 is 12.1 Å². The quantitative estimate of drug-likeness (QED) is 0.398. The SMILES string of the molecule is CCOC(=O)C(CC)(CC#CC(C)=O)C/C=C/c1ccccc1Cl.O=C=O. The van der Waals surface area contributed by atoms with Gasteiger partial charge in [0.05, 0.1) is 12.0 Å². The molecule has 1 aromatic rings. The van der Waals surface area contributed by atoms with Crippen LogP contribution in [0.15, 0.2) is 30.3 Å². The van der Waals surface area contributed by atoms with E-state index in [9.17, 15) is 9.59 Å². The Hall–Kier alpha value is -2.67. The van der Waals surface area contributed by atoms with Gasteiger partial charge in [0, 0.05) is 18.4 Å². The van der Waals surface area contributed by atoms with E-state index in [1.54, 1.807) is 6.92 Å². The number of carbonyl (C=O) groups excluding carboxylic acids is 4. The van der Waals surface area contributed by atoms with Gasteiger partial charge in [-0.2, -0.15) is 9.59 Å². The van der Waals surface area contributed by atoms with Crippen molar-refractivity contribution >= 4 is 35.6 Å². The number of allylic oxidation sites excluding steroid dienone is 1. The van der Waals surface area contributed by atoms with Gasteiger partial charge in [-0.1, -0.05) is 54.8 Å². The molecule has 1 aromatic carbocycles. The fourth-order valence-electron chi connectivity index (χ4n) is 2.29. The number of ketones is 1. The highest BCUT2D eigenvalue weighted by atomic mass is 35.5. The summed E-state index contributed by atoms with van der Waals surface area (Å²) < 4.78 is 5.23. The number of Topliss-reactive ketones (excluding diaryl/α,β-unsaturated/α-hetero) is 1. The molecule has 0 fully saturated rings. The number of halogens is 1. The molecular formula is C21H23ClO5. The van der Waals surface area contributed by atoms with Crippen LogP contribution in [0.3, 0.4) is 0 Å². The number of benzene rings is 1. The molecule has 0 spiro atoms. The van der Waals surface area contributed by atoms with Crippen molar-refractivity contribution in [2.24, 2.45) is 5.41 Å². The summed E-state index contributed by atoms with van der Waals surface area (Å²) in [5, 5.41) is 0.656. The topological polar surface area (TPSA) is 77.5 Å². The Bertz CT molecular complexity index is 751. The lowest BCUT2D eigenvalue weighted by Gasteiger charge is -2.27. The van der Waals surface area contributed by atoms with E-state index in [2.05, 4.69) is 11.8 Å². The molecule has 144 valence electrons. The van der Waals surface area contributed by atoms with Gasteiger partial charge in [-0.15, -0.1) is 0 Å². The monoisotopic (exact) mass is 390 g/mol. The maximum Gasteiger partial charge on any atom is 0.373 e. The van der Waals surface area contributed by atoms with Crippen molar-refractivity contribution < 1.29 is 23.9 Å². The Morgan fingerprint density at radius 3 is 2.37 bits per heavy atom. The first-order valence-electron chi connectivity index (χ1n) is 8.43. The molecule has 1 unspecified atom stereocenters. The lowest BCUT2D eigenvalue weighted by Crippen LogP contribution is -2.32. The van der Waals surface area contributed by atoms with E-state index in [4.69, 9.17) is 25.9 Å². The van der Waals surface area contributed by atoms with Crippen LogP contribution in [-0.2, 0) is 23.9 Å². The van der Waals surface area contributed by atoms with Gasteiger partial charge in [-0.05, 0) is 37.3 Å². The standard InChI is InChI=1S/C20H23ClO3.CO2/c1-4-20(19(23)24-5-2,14-8-10-16(3)22)15-9-12-17-11-6-7-13-18(17)21;2-1-3/h6-7,9,11-13H,4-5,14-15H2,1-3H3;/b12-9+;. The minimum atomic E-state index is -0.754. The molecule has 5 nitrogen and oxygen atoms in total. The van der Waals surface area contributed by atoms with E-state index < -0.39 is 5.41 Å². The predicted octanol–water partition coefficient (Wildman–Crippen LogP) is 4.10. The van der Waals surface area contributed by atoms with Crippen LogP contribution in [0, 0.1) is 17.3 Å². The number of esters is 1. The Kier molecular flexibility index (Phi) is 12.2. The molecule has 0 aromatic heterocycles. The molecule has 0 saturated carbocycles. The van der Waals surface area contributed by atoms with E-state index in [-0.39, 0.29) is 24.3 Å². The molecule has 1 atom stereocenters. The van der Waals surface area contributed by atoms with Crippen LogP contribution in [-0.4, -0.2) is 24.5 Å². The molecule has 0 radical (unpaired) electrons. The molecule has 0 saturated heterocycles. The molecule has 0 N–H and O–H groups in total. The number of hydrogen-bond donors (Lipinski definition) is 0. The van der Waals surface area contributed by atoms with E-state index in [1.807, 2.05) is 43.3 Å². The van der Waals surface area contributed by atoms with Crippen LogP contribution < -0.4 is 0 Å². The highest BCUT2D eigenvalue weighted by Crippen LogP contribution is 2.33. The smallest absolute Gasteiger partial charge is 0.373 e. The second kappa shape index (κ2) is 13.5. The average Bonchev–Trinajstić information content (AvgIpc) is 2.62. The van der Waals surface area contributed by atoms with Crippen molar-refractivity contribution in [2.75, 3.05) is 6.61 Å². The van der Waals surface area contributed by atoms with Crippen LogP contribution in [0.25, 0.3) is 6.08 Å². The predicted molar refractivity (Wildman–Crippen MR) is 103 cm³/mol. The summed E-state index contributed by atoms with van der Waals surface area (Å²) in [4.78, 5) is 39.7. The molecular weight excluding hydrogens is 368 g/mol. The molecule has 0 amide bonds. The van der Waals surface area contributed by atoms with Crippen molar-refractivity contribution in [2.45, 2.75) is 40.0 Å². The maximum absolute atomic E-state index is 12.4. The van der Waals surface area contributed by atoms with Gasteiger partial charge in [-0.25, -0.2) is 0 Å². The van der Waals surface area contributed by atoms with Crippen molar-refractivity contribution in [3.8, 4) is 11.8 Å². The first-order chi connectivity index (χ1) is 12.9. The van der Waals surface area contributed by atoms with Crippen molar-refractivity contribution in [3.63, 3.8) is 0 Å². The van der Waals surface area contributed by atoms with Gasteiger partial charge < -0.3 is 4.74 Å². The largest absolute Gasteiger partial charge is 0.466 e. The van der Waals surface area contributed by atoms with Gasteiger partial charge in [0.25, 0.3) is 0 Å². The van der Waals surface area contributed by atoms with Crippen molar-refractivity contribution in [1.82, 2.24) is 0 Å². The highest BCUT2D eigenvalue weighted by molar-refractivity contribution is 6.32. The number of ether oxygens (including phenoxy) is 1. The molecule has 1 rings (SSSR count). The van der Waals surface area contributed by atoms with E-state index in [1.165, 1.54) is 6.92 Å². The van der Waals surface area contributed by atoms with E-state index in [0.29, 0.717) is 24.5 Å². The lowest BCUT2D eigenvalue weighted by atomic mass is 9.78. The molecule has 0 aliphatic rings. The second-order valence-electron chi connectivity index (χ2n) is 5.60. The zero-order valence-electron chi connectivity index (χ0n) is 15.7. The Morgan fingerprint density at radius 1 is 1.22 bits per heavy atom. The Balaban J connectivity index is 0.00000210. The normalized spacial score (nSPS) is 11.9. The van der Waals surface area contributed by atoms with E-state index in [0.717, 1.165) is 5.56 Å². The first-order valence-corrected chi connectivity index (χ1v) is 8.81. The maximum atomic E-state index is 12.4. The summed E-state index contributed by atoms with van der Waals surface area (Å²) in [5.41, 5.74) is 0.138. The lowest BCUT2D eigenvalue weighted by molar-refractivity contribution is -0.191. The fraction of sp³-hybridized carbons (Fsp3) is 0.381. The van der Waals surface area contributed by atoms with E-state index >= 15 is 0 Å². The number of hydrogen-bond acceptors (Lipinski definition) is 5. The number of carbonyl (C=O) groups is 2. The fourth-order valence-corrected chi connectivity index (χ4v) is 2.48. The molecule has 0 bridgehead atoms. The highest BCUT2D eigenvalue weighted by Gasteiger charge is 2.36. The average molecular weight is 391 g/mol. The molecule has 27 heavy (non-hydrogen) atoms. The Labute approximate surface area is 164 Å². The van der Waals surface area contributed by atoms with Crippen LogP contribution >= 0.6 is 11.6 Å². The zero-order chi connectivity index (χ0) is 20.7. The zero-order valence-corrected chi connectivity index (χ0v) is 16.5. The molecule has 6 heteroatoms. The summed E-state index contributed by atoms with van der Waals surface area (Å²) in [6.07, 6.45) is 5.39.